The van der Waals surface area contributed by atoms with E-state index in [0.717, 1.165) is 17.7 Å². The molecular weight excluding hydrogens is 397 g/mol. The molecule has 30 heavy (non-hydrogen) atoms. The number of aryl methyl sites for hydroxylation is 2. The number of aromatic nitrogens is 3. The minimum atomic E-state index is -4.40. The van der Waals surface area contributed by atoms with Crippen LogP contribution in [0.1, 0.15) is 17.2 Å². The molecule has 7 nitrogen and oxygen atoms in total. The molecule has 2 aromatic heterocycles. The van der Waals surface area contributed by atoms with E-state index in [1.807, 2.05) is 35.0 Å². The van der Waals surface area contributed by atoms with Crippen molar-refractivity contribution in [3.63, 3.8) is 0 Å². The number of imidazole rings is 1. The number of ether oxygens (including phenoxy) is 1. The Labute approximate surface area is 171 Å². The molecule has 3 heterocycles. The quantitative estimate of drug-likeness (QED) is 0.572. The zero-order chi connectivity index (χ0) is 21.1. The van der Waals surface area contributed by atoms with Crippen LogP contribution in [0.3, 0.4) is 0 Å². The fourth-order valence-corrected chi connectivity index (χ4v) is 3.36. The Hall–Kier alpha value is -2.95. The maximum atomic E-state index is 13.2. The molecule has 0 amide bonds. The molecule has 2 unspecified atom stereocenters. The van der Waals surface area contributed by atoms with Gasteiger partial charge in [-0.3, -0.25) is 4.98 Å². The number of hydrogen-bond acceptors (Lipinski definition) is 6. The summed E-state index contributed by atoms with van der Waals surface area (Å²) in [6.45, 7) is 0.715. The van der Waals surface area contributed by atoms with Crippen molar-refractivity contribution in [2.24, 2.45) is 0 Å². The van der Waals surface area contributed by atoms with Gasteiger partial charge in [0.2, 0.25) is 0 Å². The second-order valence-electron chi connectivity index (χ2n) is 6.98. The average Bonchev–Trinajstić information content (AvgIpc) is 3.42. The Morgan fingerprint density at radius 3 is 2.60 bits per heavy atom. The summed E-state index contributed by atoms with van der Waals surface area (Å²) in [5, 5.41) is 0. The van der Waals surface area contributed by atoms with Gasteiger partial charge < -0.3 is 9.30 Å². The van der Waals surface area contributed by atoms with Crippen molar-refractivity contribution in [3.05, 3.63) is 66.2 Å². The van der Waals surface area contributed by atoms with Gasteiger partial charge in [-0.2, -0.15) is 18.7 Å². The van der Waals surface area contributed by atoms with E-state index in [1.165, 1.54) is 6.20 Å². The largest absolute Gasteiger partial charge is 0.497 e. The molecule has 4 rings (SSSR count). The number of halogens is 3. The van der Waals surface area contributed by atoms with Crippen LogP contribution in [0.4, 0.5) is 13.2 Å². The third-order valence-electron chi connectivity index (χ3n) is 5.00. The zero-order valence-corrected chi connectivity index (χ0v) is 16.1. The monoisotopic (exact) mass is 418 g/mol. The molecule has 0 radical (unpaired) electrons. The van der Waals surface area contributed by atoms with Gasteiger partial charge in [-0.05, 0) is 41.8 Å². The highest BCUT2D eigenvalue weighted by atomic mass is 19.4. The number of hydrogen-bond donors (Lipinski definition) is 3. The predicted molar refractivity (Wildman–Crippen MR) is 104 cm³/mol. The van der Waals surface area contributed by atoms with Crippen LogP contribution in [-0.4, -0.2) is 33.9 Å². The number of nitrogens with zero attached hydrogens (tertiary/aromatic N) is 3. The Morgan fingerprint density at radius 2 is 1.87 bits per heavy atom. The van der Waals surface area contributed by atoms with Crippen LogP contribution in [0, 0.1) is 0 Å². The van der Waals surface area contributed by atoms with Crippen molar-refractivity contribution < 1.29 is 17.9 Å². The van der Waals surface area contributed by atoms with Crippen molar-refractivity contribution in [2.45, 2.75) is 31.2 Å². The Bertz CT molecular complexity index is 989. The van der Waals surface area contributed by atoms with E-state index >= 15 is 0 Å². The van der Waals surface area contributed by atoms with Crippen LogP contribution in [0.15, 0.2) is 55.1 Å². The molecule has 1 fully saturated rings. The molecule has 0 saturated carbocycles. The summed E-state index contributed by atoms with van der Waals surface area (Å²) in [4.78, 5) is 8.65. The van der Waals surface area contributed by atoms with Crippen molar-refractivity contribution in [1.29, 1.82) is 0 Å². The highest BCUT2D eigenvalue weighted by Crippen LogP contribution is 2.32. The number of methoxy groups -OCH3 is 1. The van der Waals surface area contributed by atoms with Crippen LogP contribution < -0.4 is 21.1 Å². The minimum absolute atomic E-state index is 0.465. The van der Waals surface area contributed by atoms with Gasteiger partial charge in [0.25, 0.3) is 0 Å². The third kappa shape index (κ3) is 4.45. The second kappa shape index (κ2) is 8.42. The van der Waals surface area contributed by atoms with Gasteiger partial charge in [-0.1, -0.05) is 12.1 Å². The van der Waals surface area contributed by atoms with Crippen molar-refractivity contribution in [2.75, 3.05) is 7.11 Å². The highest BCUT2D eigenvalue weighted by molar-refractivity contribution is 5.54. The van der Waals surface area contributed by atoms with E-state index in [0.29, 0.717) is 23.5 Å². The molecule has 2 atom stereocenters. The highest BCUT2D eigenvalue weighted by Gasteiger charge is 2.48. The molecule has 0 bridgehead atoms. The Morgan fingerprint density at radius 1 is 1.07 bits per heavy atom. The topological polar surface area (TPSA) is 76.0 Å². The van der Waals surface area contributed by atoms with Crippen LogP contribution in [-0.2, 0) is 13.0 Å². The first-order chi connectivity index (χ1) is 14.4. The van der Waals surface area contributed by atoms with Crippen molar-refractivity contribution >= 4 is 0 Å². The molecule has 3 N–H and O–H groups in total. The van der Waals surface area contributed by atoms with E-state index < -0.39 is 18.3 Å². The van der Waals surface area contributed by atoms with Gasteiger partial charge in [0.1, 0.15) is 17.5 Å². The lowest BCUT2D eigenvalue weighted by molar-refractivity contribution is -0.156. The summed E-state index contributed by atoms with van der Waals surface area (Å²) in [6.07, 6.45) is 1.45. The second-order valence-corrected chi connectivity index (χ2v) is 6.98. The smallest absolute Gasteiger partial charge is 0.407 e. The predicted octanol–water partition coefficient (Wildman–Crippen LogP) is 2.78. The van der Waals surface area contributed by atoms with Gasteiger partial charge >= 0.3 is 6.18 Å². The summed E-state index contributed by atoms with van der Waals surface area (Å²) < 4.78 is 46.7. The minimum Gasteiger partial charge on any atom is -0.497 e. The van der Waals surface area contributed by atoms with Crippen LogP contribution in [0.5, 0.6) is 5.75 Å². The first kappa shape index (κ1) is 20.3. The van der Waals surface area contributed by atoms with Gasteiger partial charge in [0, 0.05) is 18.9 Å². The average molecular weight is 418 g/mol. The molecule has 10 heteroatoms. The lowest BCUT2D eigenvalue weighted by Gasteiger charge is -2.21. The lowest BCUT2D eigenvalue weighted by atomic mass is 10.0. The number of nitrogens with one attached hydrogen (secondary N) is 3. The first-order valence-corrected chi connectivity index (χ1v) is 9.38. The van der Waals surface area contributed by atoms with Gasteiger partial charge in [0.15, 0.2) is 0 Å². The molecule has 158 valence electrons. The standard InChI is InChI=1S/C20H21F3N6O/c1-30-15-4-2-13(3-5-15)7-9-29-11-17(25-12-29)16-10-14(6-8-24-16)18-19(20(21,22)23)27-28-26-18/h2-6,8,10-12,18-19,26-28H,7,9H2,1H3. The van der Waals surface area contributed by atoms with E-state index in [1.54, 1.807) is 25.6 Å². The van der Waals surface area contributed by atoms with E-state index in [4.69, 9.17) is 4.74 Å². The number of pyridine rings is 1. The molecule has 0 spiro atoms. The molecule has 1 aromatic carbocycles. The van der Waals surface area contributed by atoms with E-state index in [2.05, 4.69) is 26.4 Å². The molecule has 1 saturated heterocycles. The van der Waals surface area contributed by atoms with Crippen LogP contribution in [0.2, 0.25) is 0 Å². The van der Waals surface area contributed by atoms with Gasteiger partial charge in [-0.25, -0.2) is 15.8 Å². The van der Waals surface area contributed by atoms with Gasteiger partial charge in [0.05, 0.1) is 25.2 Å². The summed E-state index contributed by atoms with van der Waals surface area (Å²) >= 11 is 0. The molecule has 1 aliphatic heterocycles. The van der Waals surface area contributed by atoms with E-state index in [-0.39, 0.29) is 0 Å². The normalized spacial score (nSPS) is 19.2. The zero-order valence-electron chi connectivity index (χ0n) is 16.1. The molecular formula is C20H21F3N6O. The number of rotatable bonds is 6. The summed E-state index contributed by atoms with van der Waals surface area (Å²) in [6, 6.07) is 8.33. The summed E-state index contributed by atoms with van der Waals surface area (Å²) in [5.74, 6) is 0.810. The first-order valence-electron chi connectivity index (χ1n) is 9.38. The Balaban J connectivity index is 1.46. The van der Waals surface area contributed by atoms with Crippen LogP contribution in [0.25, 0.3) is 11.4 Å². The molecule has 0 aliphatic carbocycles. The number of alkyl halides is 3. The SMILES string of the molecule is COc1ccc(CCn2cnc(-c3cc(C4NNNC4C(F)(F)F)ccn3)c2)cc1. The van der Waals surface area contributed by atoms with Crippen LogP contribution >= 0.6 is 0 Å². The fourth-order valence-electron chi connectivity index (χ4n) is 3.36. The molecule has 3 aromatic rings. The lowest BCUT2D eigenvalue weighted by Crippen LogP contribution is -2.43. The van der Waals surface area contributed by atoms with Gasteiger partial charge in [-0.15, -0.1) is 0 Å². The summed E-state index contributed by atoms with van der Waals surface area (Å²) in [7, 11) is 1.63. The van der Waals surface area contributed by atoms with Crippen molar-refractivity contribution in [3.8, 4) is 17.1 Å². The fraction of sp³-hybridized carbons (Fsp3) is 0.300. The summed E-state index contributed by atoms with van der Waals surface area (Å²) in [5.41, 5.74) is 9.95. The van der Waals surface area contributed by atoms with E-state index in [9.17, 15) is 13.2 Å². The Kier molecular flexibility index (Phi) is 5.71. The van der Waals surface area contributed by atoms with Crippen molar-refractivity contribution in [1.82, 2.24) is 30.9 Å². The molecule has 1 aliphatic rings. The number of hydrazine groups is 2. The third-order valence-corrected chi connectivity index (χ3v) is 5.00. The maximum absolute atomic E-state index is 13.2. The maximum Gasteiger partial charge on any atom is 0.407 e. The number of benzene rings is 1.